The topological polar surface area (TPSA) is 12.4 Å². The summed E-state index contributed by atoms with van der Waals surface area (Å²) in [6.45, 7) is 8.60. The van der Waals surface area contributed by atoms with Crippen LogP contribution in [0.5, 0.6) is 0 Å². The normalized spacial score (nSPS) is 12.9. The largest absolute Gasteiger partial charge is 0.248 e. The lowest BCUT2D eigenvalue weighted by Crippen LogP contribution is -1.99. The van der Waals surface area contributed by atoms with Gasteiger partial charge in [0, 0.05) is 5.56 Å². The van der Waals surface area contributed by atoms with E-state index in [0.29, 0.717) is 0 Å². The molecule has 0 saturated heterocycles. The summed E-state index contributed by atoms with van der Waals surface area (Å²) >= 11 is 0. The maximum Gasteiger partial charge on any atom is 0.0712 e. The highest BCUT2D eigenvalue weighted by molar-refractivity contribution is 6.14. The van der Waals surface area contributed by atoms with Crippen molar-refractivity contribution < 1.29 is 0 Å². The molecular formula is C32H27N. The van der Waals surface area contributed by atoms with Gasteiger partial charge >= 0.3 is 0 Å². The molecule has 0 aromatic heterocycles. The van der Waals surface area contributed by atoms with Crippen molar-refractivity contribution in [2.45, 2.75) is 20.3 Å². The number of benzene rings is 4. The van der Waals surface area contributed by atoms with Crippen LogP contribution in [0.15, 0.2) is 115 Å². The van der Waals surface area contributed by atoms with Gasteiger partial charge in [-0.1, -0.05) is 109 Å². The van der Waals surface area contributed by atoms with Crippen LogP contribution in [-0.2, 0) is 6.42 Å². The van der Waals surface area contributed by atoms with Gasteiger partial charge < -0.3 is 0 Å². The van der Waals surface area contributed by atoms with Crippen LogP contribution in [0.25, 0.3) is 22.4 Å². The van der Waals surface area contributed by atoms with Crippen molar-refractivity contribution >= 4 is 17.0 Å². The molecule has 0 radical (unpaired) electrons. The number of rotatable bonds is 5. The Morgan fingerprint density at radius 3 is 2.21 bits per heavy atom. The summed E-state index contributed by atoms with van der Waals surface area (Å²) < 4.78 is 0. The molecule has 0 N–H and O–H groups in total. The van der Waals surface area contributed by atoms with Gasteiger partial charge in [-0.2, -0.15) is 0 Å². The van der Waals surface area contributed by atoms with Crippen molar-refractivity contribution in [1.29, 1.82) is 0 Å². The fourth-order valence-electron chi connectivity index (χ4n) is 4.59. The third-order valence-corrected chi connectivity index (χ3v) is 6.28. The number of fused-ring (bicyclic) bond motifs is 3. The molecule has 1 aliphatic carbocycles. The first-order chi connectivity index (χ1) is 16.1. The lowest BCUT2D eigenvalue weighted by molar-refractivity contribution is 1.25. The van der Waals surface area contributed by atoms with Gasteiger partial charge in [-0.3, -0.25) is 0 Å². The zero-order valence-electron chi connectivity index (χ0n) is 19.2. The van der Waals surface area contributed by atoms with Crippen LogP contribution in [-0.4, -0.2) is 5.71 Å². The van der Waals surface area contributed by atoms with Crippen LogP contribution in [0, 0.1) is 6.92 Å². The highest BCUT2D eigenvalue weighted by Gasteiger charge is 2.22. The van der Waals surface area contributed by atoms with Gasteiger partial charge in [0.2, 0.25) is 0 Å². The van der Waals surface area contributed by atoms with Gasteiger partial charge in [-0.05, 0) is 65.3 Å². The number of hydrogen-bond donors (Lipinski definition) is 0. The van der Waals surface area contributed by atoms with Crippen LogP contribution >= 0.6 is 0 Å². The Kier molecular flexibility index (Phi) is 5.62. The van der Waals surface area contributed by atoms with Crippen LogP contribution in [0.1, 0.15) is 40.3 Å². The van der Waals surface area contributed by atoms with E-state index >= 15 is 0 Å². The lowest BCUT2D eigenvalue weighted by atomic mass is 9.93. The molecule has 4 aromatic rings. The van der Waals surface area contributed by atoms with Gasteiger partial charge in [-0.15, -0.1) is 0 Å². The minimum Gasteiger partial charge on any atom is -0.248 e. The second kappa shape index (κ2) is 8.88. The summed E-state index contributed by atoms with van der Waals surface area (Å²) in [6.07, 6.45) is 3.20. The van der Waals surface area contributed by atoms with Crippen LogP contribution in [0.4, 0.5) is 0 Å². The second-order valence-electron chi connectivity index (χ2n) is 8.68. The molecule has 0 amide bonds. The number of hydrogen-bond acceptors (Lipinski definition) is 1. The molecule has 0 atom stereocenters. The molecule has 33 heavy (non-hydrogen) atoms. The van der Waals surface area contributed by atoms with Gasteiger partial charge in [0.1, 0.15) is 0 Å². The van der Waals surface area contributed by atoms with E-state index in [1.165, 1.54) is 39.0 Å². The van der Waals surface area contributed by atoms with Crippen LogP contribution < -0.4 is 0 Å². The zero-order valence-corrected chi connectivity index (χ0v) is 19.2. The molecule has 0 bridgehead atoms. The summed E-state index contributed by atoms with van der Waals surface area (Å²) in [5, 5.41) is 0. The molecule has 1 nitrogen and oxygen atoms in total. The number of aliphatic imine (C=N–C) groups is 1. The molecule has 0 aliphatic heterocycles. The highest BCUT2D eigenvalue weighted by Crippen LogP contribution is 2.41. The molecule has 0 heterocycles. The van der Waals surface area contributed by atoms with E-state index in [9.17, 15) is 0 Å². The van der Waals surface area contributed by atoms with Crippen molar-refractivity contribution in [3.63, 3.8) is 0 Å². The molecular weight excluding hydrogens is 398 g/mol. The van der Waals surface area contributed by atoms with Gasteiger partial charge in [-0.25, -0.2) is 4.99 Å². The average molecular weight is 426 g/mol. The minimum atomic E-state index is 0.762. The van der Waals surface area contributed by atoms with Crippen molar-refractivity contribution in [3.8, 4) is 11.1 Å². The fourth-order valence-corrected chi connectivity index (χ4v) is 4.59. The first kappa shape index (κ1) is 20.9. The third-order valence-electron chi connectivity index (χ3n) is 6.28. The van der Waals surface area contributed by atoms with Crippen molar-refractivity contribution in [2.24, 2.45) is 4.99 Å². The number of allylic oxidation sites excluding steroid dienone is 2. The van der Waals surface area contributed by atoms with E-state index in [1.807, 2.05) is 36.4 Å². The number of aryl methyl sites for hydroxylation is 1. The van der Waals surface area contributed by atoms with Gasteiger partial charge in [0.25, 0.3) is 0 Å². The van der Waals surface area contributed by atoms with E-state index in [4.69, 9.17) is 4.99 Å². The quantitative estimate of drug-likeness (QED) is 0.252. The molecule has 1 aliphatic rings. The first-order valence-corrected chi connectivity index (χ1v) is 11.4. The van der Waals surface area contributed by atoms with Crippen molar-refractivity contribution in [3.05, 3.63) is 143 Å². The molecule has 0 fully saturated rings. The predicted octanol–water partition coefficient (Wildman–Crippen LogP) is 8.13. The Bertz CT molecular complexity index is 1390. The molecule has 0 saturated carbocycles. The second-order valence-corrected chi connectivity index (χ2v) is 8.68. The summed E-state index contributed by atoms with van der Waals surface area (Å²) in [5.74, 6) is 0. The zero-order chi connectivity index (χ0) is 22.8. The van der Waals surface area contributed by atoms with Crippen LogP contribution in [0.2, 0.25) is 0 Å². The Morgan fingerprint density at radius 1 is 0.788 bits per heavy atom. The Hall–Kier alpha value is -3.97. The summed E-state index contributed by atoms with van der Waals surface area (Å²) in [7, 11) is 0. The smallest absolute Gasteiger partial charge is 0.0712 e. The van der Waals surface area contributed by atoms with E-state index < -0.39 is 0 Å². The van der Waals surface area contributed by atoms with E-state index in [2.05, 4.69) is 87.2 Å². The highest BCUT2D eigenvalue weighted by atomic mass is 14.8. The average Bonchev–Trinajstić information content (AvgIpc) is 3.22. The Balaban J connectivity index is 1.62. The molecule has 0 unspecified atom stereocenters. The van der Waals surface area contributed by atoms with Crippen molar-refractivity contribution in [1.82, 2.24) is 0 Å². The Labute approximate surface area is 196 Å². The van der Waals surface area contributed by atoms with E-state index in [-0.39, 0.29) is 0 Å². The van der Waals surface area contributed by atoms with Crippen LogP contribution in [0.3, 0.4) is 0 Å². The number of nitrogens with zero attached hydrogens (tertiary/aromatic N) is 1. The maximum absolute atomic E-state index is 4.98. The third kappa shape index (κ3) is 4.23. The molecule has 4 aromatic carbocycles. The molecule has 0 spiro atoms. The SMILES string of the molecule is C=C(N=C(/C=C(\C)c1cccc2c1-c1cc(C)ccc1C2)c1ccccc1)c1ccccc1. The standard InChI is InChI=1S/C32H27N/c1-22-17-18-27-21-28-15-10-16-29(32(28)30(27)19-22)23(2)20-31(26-13-8-5-9-14-26)33-24(3)25-11-6-4-7-12-25/h4-20H,3,21H2,1-2H3/b23-20+,33-31?. The minimum absolute atomic E-state index is 0.762. The van der Waals surface area contributed by atoms with Gasteiger partial charge in [0.05, 0.1) is 11.4 Å². The Morgan fingerprint density at radius 2 is 1.48 bits per heavy atom. The monoisotopic (exact) mass is 425 g/mol. The van der Waals surface area contributed by atoms with E-state index in [1.54, 1.807) is 0 Å². The first-order valence-electron chi connectivity index (χ1n) is 11.4. The van der Waals surface area contributed by atoms with Crippen molar-refractivity contribution in [2.75, 3.05) is 0 Å². The predicted molar refractivity (Wildman–Crippen MR) is 142 cm³/mol. The van der Waals surface area contributed by atoms with E-state index in [0.717, 1.165) is 29.0 Å². The summed E-state index contributed by atoms with van der Waals surface area (Å²) in [4.78, 5) is 4.98. The summed E-state index contributed by atoms with van der Waals surface area (Å²) in [5.41, 5.74) is 13.1. The molecule has 5 rings (SSSR count). The fraction of sp³-hybridized carbons (Fsp3) is 0.0938. The summed E-state index contributed by atoms with van der Waals surface area (Å²) in [6, 6.07) is 34.0. The van der Waals surface area contributed by atoms with Gasteiger partial charge in [0.15, 0.2) is 0 Å². The molecule has 160 valence electrons. The maximum atomic E-state index is 4.98. The molecule has 1 heteroatoms. The lowest BCUT2D eigenvalue weighted by Gasteiger charge is -2.12.